The van der Waals surface area contributed by atoms with Crippen molar-refractivity contribution in [3.8, 4) is 4.97 Å². The van der Waals surface area contributed by atoms with Crippen LogP contribution in [-0.2, 0) is 0 Å². The number of rotatable bonds is 1. The second kappa shape index (κ2) is 6.45. The third kappa shape index (κ3) is 10.7. The normalized spacial score (nSPS) is 11.0. The van der Waals surface area contributed by atoms with Crippen molar-refractivity contribution < 1.29 is 0 Å². The summed E-state index contributed by atoms with van der Waals surface area (Å²) >= 11 is 0. The van der Waals surface area contributed by atoms with Crippen LogP contribution in [0.3, 0.4) is 0 Å². The quantitative estimate of drug-likeness (QED) is 0.647. The van der Waals surface area contributed by atoms with Gasteiger partial charge in [0.15, 0.2) is 0 Å². The molecule has 0 fully saturated rings. The predicted octanol–water partition coefficient (Wildman–Crippen LogP) is 0.0543. The molecule has 0 aliphatic heterocycles. The van der Waals surface area contributed by atoms with Crippen molar-refractivity contribution in [1.29, 1.82) is 5.26 Å². The zero-order valence-electron chi connectivity index (χ0n) is 3.92. The molecule has 0 heterocycles. The molecular weight excluding hydrogens is 223 g/mol. The Hall–Kier alpha value is 0.449. The zero-order valence-corrected chi connectivity index (χ0v) is 7.34. The molecule has 0 aromatic carbocycles. The van der Waals surface area contributed by atoms with Crippen LogP contribution in [0.2, 0.25) is 0 Å². The first kappa shape index (κ1) is 10.4. The number of hydrogen-bond donors (Lipinski definition) is 1. The first-order valence-corrected chi connectivity index (χ1v) is 3.42. The summed E-state index contributed by atoms with van der Waals surface area (Å²) in [5.74, 6) is 0. The number of hydrogen-bond acceptors (Lipinski definition) is 2. The van der Waals surface area contributed by atoms with Gasteiger partial charge < -0.3 is 0 Å². The van der Waals surface area contributed by atoms with Gasteiger partial charge in [-0.25, -0.2) is 0 Å². The van der Waals surface area contributed by atoms with Gasteiger partial charge in [-0.15, -0.1) is 17.0 Å². The van der Waals surface area contributed by atoms with Crippen LogP contribution in [-0.4, -0.2) is 19.9 Å². The van der Waals surface area contributed by atoms with Crippen molar-refractivity contribution in [1.82, 2.24) is 0 Å². The summed E-state index contributed by atoms with van der Waals surface area (Å²) < 4.78 is 0. The summed E-state index contributed by atoms with van der Waals surface area (Å²) in [6, 6.07) is 0. The van der Waals surface area contributed by atoms with E-state index in [4.69, 9.17) is 11.0 Å². The number of nitrogens with two attached hydrogens (primary N) is 1. The van der Waals surface area contributed by atoms with Crippen molar-refractivity contribution in [3.05, 3.63) is 0 Å². The van der Waals surface area contributed by atoms with Crippen LogP contribution in [0.4, 0.5) is 0 Å². The average molecular weight is 230 g/mol. The van der Waals surface area contributed by atoms with Gasteiger partial charge in [0.05, 0.1) is 0 Å². The Balaban J connectivity index is 0. The Labute approximate surface area is 60.0 Å². The van der Waals surface area contributed by atoms with Crippen molar-refractivity contribution in [2.24, 2.45) is 5.73 Å². The first-order valence-electron chi connectivity index (χ1n) is 1.57. The van der Waals surface area contributed by atoms with Crippen molar-refractivity contribution in [2.75, 3.05) is 0 Å². The van der Waals surface area contributed by atoms with Crippen molar-refractivity contribution >= 4 is 31.9 Å². The van der Waals surface area contributed by atoms with Crippen LogP contribution >= 0.6 is 17.0 Å². The number of nitriles is 1. The van der Waals surface area contributed by atoms with E-state index in [-0.39, 0.29) is 36.9 Å². The average Bonchev–Trinajstić information content (AvgIpc) is 1.35. The summed E-state index contributed by atoms with van der Waals surface area (Å²) in [7, 11) is 0. The van der Waals surface area contributed by atoms with Gasteiger partial charge in [0.1, 0.15) is 0 Å². The molecule has 0 aromatic rings. The summed E-state index contributed by atoms with van der Waals surface area (Å²) in [5.41, 5.74) is 5.21. The Bertz CT molecular complexity index is 67.8. The molecule has 0 rings (SSSR count). The fraction of sp³-hybridized carbons (Fsp3) is 0.667. The van der Waals surface area contributed by atoms with Gasteiger partial charge in [-0.1, -0.05) is 0 Å². The molecule has 0 aromatic heterocycles. The SMILES string of the molecule is Br.CC(N)[Se]C#N. The van der Waals surface area contributed by atoms with Crippen LogP contribution in [0, 0.1) is 10.2 Å². The molecule has 2 nitrogen and oxygen atoms in total. The predicted molar refractivity (Wildman–Crippen MR) is 35.3 cm³/mol. The maximum absolute atomic E-state index is 7.93. The maximum atomic E-state index is 7.93. The summed E-state index contributed by atoms with van der Waals surface area (Å²) in [5, 5.41) is 7.93. The summed E-state index contributed by atoms with van der Waals surface area (Å²) in [4.78, 5) is 2.10. The second-order valence-electron chi connectivity index (χ2n) is 0.914. The number of halogens is 1. The van der Waals surface area contributed by atoms with Gasteiger partial charge in [-0.3, -0.25) is 0 Å². The van der Waals surface area contributed by atoms with Crippen molar-refractivity contribution in [3.63, 3.8) is 0 Å². The number of nitrogens with zero attached hydrogens (tertiary/aromatic N) is 1. The van der Waals surface area contributed by atoms with Gasteiger partial charge in [-0.05, 0) is 0 Å². The molecule has 0 aliphatic rings. The monoisotopic (exact) mass is 230 g/mol. The van der Waals surface area contributed by atoms with Crippen LogP contribution in [0.15, 0.2) is 0 Å². The fourth-order valence-corrected chi connectivity index (χ4v) is 0.432. The molecule has 0 amide bonds. The van der Waals surface area contributed by atoms with E-state index in [1.54, 1.807) is 0 Å². The van der Waals surface area contributed by atoms with Crippen LogP contribution in [0.1, 0.15) is 6.92 Å². The molecule has 0 spiro atoms. The Morgan fingerprint density at radius 2 is 2.29 bits per heavy atom. The molecule has 0 saturated carbocycles. The topological polar surface area (TPSA) is 49.8 Å². The minimum absolute atomic E-state index is 0. The van der Waals surface area contributed by atoms with Gasteiger partial charge in [0, 0.05) is 0 Å². The molecule has 1 atom stereocenters. The molecule has 0 bridgehead atoms. The minimum atomic E-state index is 0. The van der Waals surface area contributed by atoms with Gasteiger partial charge in [0.25, 0.3) is 0 Å². The summed E-state index contributed by atoms with van der Waals surface area (Å²) in [6.07, 6.45) is 0. The zero-order chi connectivity index (χ0) is 4.99. The van der Waals surface area contributed by atoms with Crippen LogP contribution in [0.25, 0.3) is 0 Å². The third-order valence-corrected chi connectivity index (χ3v) is 1.24. The van der Waals surface area contributed by atoms with Gasteiger partial charge in [0.2, 0.25) is 0 Å². The molecular formula is C3H7BrN2Se. The first-order chi connectivity index (χ1) is 2.77. The molecule has 42 valence electrons. The van der Waals surface area contributed by atoms with E-state index in [0.29, 0.717) is 0 Å². The fourth-order valence-electron chi connectivity index (χ4n) is 0.0831. The molecule has 2 N–H and O–H groups in total. The summed E-state index contributed by atoms with van der Waals surface area (Å²) in [6.45, 7) is 1.84. The van der Waals surface area contributed by atoms with E-state index in [9.17, 15) is 0 Å². The molecule has 7 heavy (non-hydrogen) atoms. The third-order valence-electron chi connectivity index (χ3n) is 0.239. The molecule has 0 saturated heterocycles. The van der Waals surface area contributed by atoms with Crippen LogP contribution in [0.5, 0.6) is 0 Å². The standard InChI is InChI=1S/C3H6N2Se.BrH/c1-3(5)6-2-4;/h3H,5H2,1H3;1H. The van der Waals surface area contributed by atoms with E-state index in [1.165, 1.54) is 0 Å². The van der Waals surface area contributed by atoms with Gasteiger partial charge in [-0.2, -0.15) is 0 Å². The Kier molecular flexibility index (Phi) is 9.61. The molecule has 1 unspecified atom stereocenters. The van der Waals surface area contributed by atoms with E-state index in [2.05, 4.69) is 0 Å². The second-order valence-corrected chi connectivity index (χ2v) is 3.35. The Morgan fingerprint density at radius 3 is 2.29 bits per heavy atom. The van der Waals surface area contributed by atoms with Crippen molar-refractivity contribution in [2.45, 2.75) is 11.9 Å². The van der Waals surface area contributed by atoms with E-state index >= 15 is 0 Å². The van der Waals surface area contributed by atoms with E-state index < -0.39 is 0 Å². The van der Waals surface area contributed by atoms with E-state index in [0.717, 1.165) is 0 Å². The van der Waals surface area contributed by atoms with E-state index in [1.807, 2.05) is 11.9 Å². The van der Waals surface area contributed by atoms with Gasteiger partial charge >= 0.3 is 42.8 Å². The van der Waals surface area contributed by atoms with Crippen LogP contribution < -0.4 is 5.73 Å². The molecule has 0 aliphatic carbocycles. The molecule has 0 radical (unpaired) electrons. The Morgan fingerprint density at radius 1 is 1.86 bits per heavy atom. The molecule has 4 heteroatoms.